The van der Waals surface area contributed by atoms with Crippen LogP contribution in [0.1, 0.15) is 5.56 Å². The molecule has 0 saturated heterocycles. The molecule has 2 aromatic rings. The smallest absolute Gasteiger partial charge is 0.0733 e. The van der Waals surface area contributed by atoms with Crippen molar-refractivity contribution in [2.24, 2.45) is 0 Å². The van der Waals surface area contributed by atoms with E-state index in [9.17, 15) is 0 Å². The summed E-state index contributed by atoms with van der Waals surface area (Å²) in [4.78, 5) is 3.19. The number of H-pyrrole nitrogens is 1. The number of hydrogen-bond acceptors (Lipinski definition) is 1. The Morgan fingerprint density at radius 2 is 2.25 bits per heavy atom. The molecule has 2 nitrogen and oxygen atoms in total. The number of nitrogens with one attached hydrogen (secondary N) is 1. The summed E-state index contributed by atoms with van der Waals surface area (Å²) in [7, 11) is 1.71. The molecule has 1 heterocycles. The average molecular weight is 161 g/mol. The van der Waals surface area contributed by atoms with E-state index < -0.39 is 0 Å². The SMILES string of the molecule is COCc1cccc2cc[nH]c12. The van der Waals surface area contributed by atoms with E-state index >= 15 is 0 Å². The Kier molecular flexibility index (Phi) is 1.84. The number of para-hydroxylation sites is 1. The van der Waals surface area contributed by atoms with Gasteiger partial charge in [-0.05, 0) is 11.5 Å². The van der Waals surface area contributed by atoms with Crippen LogP contribution in [0.5, 0.6) is 0 Å². The van der Waals surface area contributed by atoms with Crippen molar-refractivity contribution in [2.75, 3.05) is 7.11 Å². The molecule has 0 spiro atoms. The van der Waals surface area contributed by atoms with Crippen LogP contribution in [0.2, 0.25) is 0 Å². The molecule has 1 N–H and O–H groups in total. The highest BCUT2D eigenvalue weighted by Crippen LogP contribution is 2.16. The molecule has 0 aliphatic carbocycles. The molecular formula is C10H11NO. The van der Waals surface area contributed by atoms with Crippen molar-refractivity contribution in [3.8, 4) is 0 Å². The molecule has 2 rings (SSSR count). The lowest BCUT2D eigenvalue weighted by Gasteiger charge is -2.00. The number of ether oxygens (including phenoxy) is 1. The van der Waals surface area contributed by atoms with Crippen LogP contribution in [-0.4, -0.2) is 12.1 Å². The largest absolute Gasteiger partial charge is 0.380 e. The summed E-state index contributed by atoms with van der Waals surface area (Å²) in [5.41, 5.74) is 2.39. The third-order valence-corrected chi connectivity index (χ3v) is 1.97. The molecule has 62 valence electrons. The first-order valence-corrected chi connectivity index (χ1v) is 3.96. The molecule has 0 bridgehead atoms. The predicted molar refractivity (Wildman–Crippen MR) is 49.0 cm³/mol. The van der Waals surface area contributed by atoms with Crippen LogP contribution < -0.4 is 0 Å². The lowest BCUT2D eigenvalue weighted by atomic mass is 10.1. The van der Waals surface area contributed by atoms with Gasteiger partial charge < -0.3 is 9.72 Å². The van der Waals surface area contributed by atoms with Gasteiger partial charge in [-0.2, -0.15) is 0 Å². The molecule has 1 aromatic heterocycles. The van der Waals surface area contributed by atoms with Gasteiger partial charge in [0.25, 0.3) is 0 Å². The minimum Gasteiger partial charge on any atom is -0.380 e. The lowest BCUT2D eigenvalue weighted by Crippen LogP contribution is -1.87. The standard InChI is InChI=1S/C10H11NO/c1-12-7-9-4-2-3-8-5-6-11-10(8)9/h2-6,11H,7H2,1H3. The Morgan fingerprint density at radius 3 is 3.08 bits per heavy atom. The van der Waals surface area contributed by atoms with Gasteiger partial charge in [-0.3, -0.25) is 0 Å². The van der Waals surface area contributed by atoms with Gasteiger partial charge in [0, 0.05) is 18.9 Å². The van der Waals surface area contributed by atoms with Crippen LogP contribution in [0.4, 0.5) is 0 Å². The second kappa shape index (κ2) is 2.99. The monoisotopic (exact) mass is 161 g/mol. The van der Waals surface area contributed by atoms with Crippen LogP contribution in [0.25, 0.3) is 10.9 Å². The van der Waals surface area contributed by atoms with Gasteiger partial charge in [-0.15, -0.1) is 0 Å². The number of rotatable bonds is 2. The van der Waals surface area contributed by atoms with E-state index in [4.69, 9.17) is 4.74 Å². The van der Waals surface area contributed by atoms with Crippen LogP contribution in [0.15, 0.2) is 30.5 Å². The van der Waals surface area contributed by atoms with E-state index in [0.717, 1.165) is 0 Å². The Morgan fingerprint density at radius 1 is 1.33 bits per heavy atom. The van der Waals surface area contributed by atoms with Gasteiger partial charge >= 0.3 is 0 Å². The van der Waals surface area contributed by atoms with E-state index in [1.807, 2.05) is 12.3 Å². The van der Waals surface area contributed by atoms with Crippen molar-refractivity contribution >= 4 is 10.9 Å². The summed E-state index contributed by atoms with van der Waals surface area (Å²) in [6.45, 7) is 0.665. The van der Waals surface area contributed by atoms with Gasteiger partial charge in [0.05, 0.1) is 12.1 Å². The van der Waals surface area contributed by atoms with E-state index in [0.29, 0.717) is 6.61 Å². The minimum absolute atomic E-state index is 0.665. The number of aromatic amines is 1. The maximum atomic E-state index is 5.09. The fraction of sp³-hybridized carbons (Fsp3) is 0.200. The zero-order valence-corrected chi connectivity index (χ0v) is 7.00. The molecule has 0 aliphatic rings. The molecule has 0 unspecified atom stereocenters. The molecule has 0 radical (unpaired) electrons. The molecule has 0 fully saturated rings. The first-order valence-electron chi connectivity index (χ1n) is 3.96. The van der Waals surface area contributed by atoms with Crippen molar-refractivity contribution in [3.05, 3.63) is 36.0 Å². The van der Waals surface area contributed by atoms with Gasteiger partial charge in [0.2, 0.25) is 0 Å². The summed E-state index contributed by atoms with van der Waals surface area (Å²) in [5, 5.41) is 1.24. The van der Waals surface area contributed by atoms with Gasteiger partial charge in [-0.25, -0.2) is 0 Å². The third kappa shape index (κ3) is 1.10. The topological polar surface area (TPSA) is 25.0 Å². The Hall–Kier alpha value is -1.28. The number of methoxy groups -OCH3 is 1. The molecule has 0 saturated carbocycles. The van der Waals surface area contributed by atoms with Crippen molar-refractivity contribution in [3.63, 3.8) is 0 Å². The first-order chi connectivity index (χ1) is 5.92. The van der Waals surface area contributed by atoms with E-state index in [1.54, 1.807) is 7.11 Å². The van der Waals surface area contributed by atoms with Gasteiger partial charge in [0.15, 0.2) is 0 Å². The van der Waals surface area contributed by atoms with Crippen molar-refractivity contribution < 1.29 is 4.74 Å². The second-order valence-electron chi connectivity index (χ2n) is 2.79. The maximum absolute atomic E-state index is 5.09. The summed E-state index contributed by atoms with van der Waals surface area (Å²) in [6.07, 6.45) is 1.95. The molecule has 1 aromatic carbocycles. The van der Waals surface area contributed by atoms with Crippen molar-refractivity contribution in [1.82, 2.24) is 4.98 Å². The zero-order chi connectivity index (χ0) is 8.39. The molecule has 0 atom stereocenters. The highest BCUT2D eigenvalue weighted by Gasteiger charge is 1.99. The molecule has 0 aliphatic heterocycles. The average Bonchev–Trinajstić information content (AvgIpc) is 2.53. The Bertz CT molecular complexity index is 378. The van der Waals surface area contributed by atoms with Gasteiger partial charge in [0.1, 0.15) is 0 Å². The quantitative estimate of drug-likeness (QED) is 0.718. The predicted octanol–water partition coefficient (Wildman–Crippen LogP) is 2.31. The number of fused-ring (bicyclic) bond motifs is 1. The zero-order valence-electron chi connectivity index (χ0n) is 7.00. The second-order valence-corrected chi connectivity index (χ2v) is 2.79. The fourth-order valence-electron chi connectivity index (χ4n) is 1.43. The van der Waals surface area contributed by atoms with Crippen LogP contribution in [-0.2, 0) is 11.3 Å². The van der Waals surface area contributed by atoms with Crippen LogP contribution in [0.3, 0.4) is 0 Å². The van der Waals surface area contributed by atoms with Crippen LogP contribution in [0, 0.1) is 0 Å². The van der Waals surface area contributed by atoms with E-state index in [-0.39, 0.29) is 0 Å². The number of hydrogen-bond donors (Lipinski definition) is 1. The minimum atomic E-state index is 0.665. The molecule has 0 amide bonds. The van der Waals surface area contributed by atoms with Crippen molar-refractivity contribution in [1.29, 1.82) is 0 Å². The van der Waals surface area contributed by atoms with E-state index in [1.165, 1.54) is 16.5 Å². The highest BCUT2D eigenvalue weighted by atomic mass is 16.5. The summed E-state index contributed by atoms with van der Waals surface area (Å²) < 4.78 is 5.09. The Balaban J connectivity index is 2.57. The first kappa shape index (κ1) is 7.37. The number of benzene rings is 1. The maximum Gasteiger partial charge on any atom is 0.0733 e. The summed E-state index contributed by atoms with van der Waals surface area (Å²) >= 11 is 0. The van der Waals surface area contributed by atoms with Gasteiger partial charge in [-0.1, -0.05) is 18.2 Å². The molecule has 12 heavy (non-hydrogen) atoms. The summed E-state index contributed by atoms with van der Waals surface area (Å²) in [6, 6.07) is 8.27. The van der Waals surface area contributed by atoms with E-state index in [2.05, 4.69) is 23.2 Å². The third-order valence-electron chi connectivity index (χ3n) is 1.97. The number of aromatic nitrogens is 1. The Labute approximate surface area is 71.2 Å². The lowest BCUT2D eigenvalue weighted by molar-refractivity contribution is 0.186. The highest BCUT2D eigenvalue weighted by molar-refractivity contribution is 5.82. The molecule has 2 heteroatoms. The van der Waals surface area contributed by atoms with Crippen LogP contribution >= 0.6 is 0 Å². The molecular weight excluding hydrogens is 150 g/mol. The normalized spacial score (nSPS) is 10.8. The summed E-state index contributed by atoms with van der Waals surface area (Å²) in [5.74, 6) is 0. The van der Waals surface area contributed by atoms with Crippen molar-refractivity contribution in [2.45, 2.75) is 6.61 Å². The fourth-order valence-corrected chi connectivity index (χ4v) is 1.43.